The molecule has 0 spiro atoms. The summed E-state index contributed by atoms with van der Waals surface area (Å²) >= 11 is 0. The molecule has 1 aliphatic rings. The molecule has 6 heteroatoms. The predicted molar refractivity (Wildman–Crippen MR) is 83.6 cm³/mol. The van der Waals surface area contributed by atoms with Gasteiger partial charge in [-0.1, -0.05) is 25.3 Å². The first-order valence-corrected chi connectivity index (χ1v) is 8.81. The van der Waals surface area contributed by atoms with Gasteiger partial charge in [0.05, 0.1) is 11.3 Å². The predicted octanol–water partition coefficient (Wildman–Crippen LogP) is 1.86. The van der Waals surface area contributed by atoms with Crippen molar-refractivity contribution >= 4 is 15.7 Å². The fourth-order valence-corrected chi connectivity index (χ4v) is 4.40. The first-order chi connectivity index (χ1) is 9.75. The fourth-order valence-electron chi connectivity index (χ4n) is 2.86. The van der Waals surface area contributed by atoms with E-state index in [0.717, 1.165) is 24.8 Å². The van der Waals surface area contributed by atoms with Crippen LogP contribution in [0.5, 0.6) is 0 Å². The fraction of sp³-hybridized carbons (Fsp3) is 0.600. The molecule has 118 valence electrons. The van der Waals surface area contributed by atoms with Crippen LogP contribution in [-0.4, -0.2) is 25.7 Å². The summed E-state index contributed by atoms with van der Waals surface area (Å²) in [5, 5.41) is 10.4. The van der Waals surface area contributed by atoms with Crippen molar-refractivity contribution in [1.82, 2.24) is 4.72 Å². The van der Waals surface area contributed by atoms with Crippen molar-refractivity contribution < 1.29 is 13.5 Å². The van der Waals surface area contributed by atoms with E-state index >= 15 is 0 Å². The number of rotatable bonds is 4. The average molecular weight is 312 g/mol. The van der Waals surface area contributed by atoms with E-state index in [0.29, 0.717) is 18.4 Å². The molecular formula is C15H24N2O3S. The van der Waals surface area contributed by atoms with Crippen molar-refractivity contribution in [2.45, 2.75) is 56.4 Å². The van der Waals surface area contributed by atoms with Gasteiger partial charge in [-0.2, -0.15) is 0 Å². The van der Waals surface area contributed by atoms with Crippen LogP contribution in [0.4, 0.5) is 5.69 Å². The second-order valence-corrected chi connectivity index (χ2v) is 7.74. The molecule has 0 radical (unpaired) electrons. The summed E-state index contributed by atoms with van der Waals surface area (Å²) in [6.45, 7) is 3.64. The Bertz CT molecular complexity index is 620. The Balaban J connectivity index is 2.21. The summed E-state index contributed by atoms with van der Waals surface area (Å²) in [5.41, 5.74) is 6.67. The molecule has 0 atom stereocenters. The molecule has 1 aromatic carbocycles. The van der Waals surface area contributed by atoms with E-state index in [1.54, 1.807) is 19.1 Å². The molecule has 2 rings (SSSR count). The largest absolute Gasteiger partial charge is 0.398 e. The van der Waals surface area contributed by atoms with Gasteiger partial charge < -0.3 is 10.8 Å². The molecule has 4 N–H and O–H groups in total. The summed E-state index contributed by atoms with van der Waals surface area (Å²) in [6.07, 6.45) is 4.24. The van der Waals surface area contributed by atoms with E-state index in [-0.39, 0.29) is 17.1 Å². The van der Waals surface area contributed by atoms with Gasteiger partial charge in [-0.05, 0) is 43.9 Å². The Morgan fingerprint density at radius 2 is 1.86 bits per heavy atom. The Morgan fingerprint density at radius 1 is 1.24 bits per heavy atom. The van der Waals surface area contributed by atoms with Gasteiger partial charge in [-0.25, -0.2) is 13.1 Å². The molecule has 0 aromatic heterocycles. The van der Waals surface area contributed by atoms with Gasteiger partial charge >= 0.3 is 0 Å². The van der Waals surface area contributed by atoms with Crippen LogP contribution in [-0.2, 0) is 10.0 Å². The van der Waals surface area contributed by atoms with E-state index in [4.69, 9.17) is 5.73 Å². The monoisotopic (exact) mass is 312 g/mol. The van der Waals surface area contributed by atoms with Gasteiger partial charge in [0.25, 0.3) is 0 Å². The van der Waals surface area contributed by atoms with Crippen LogP contribution >= 0.6 is 0 Å². The third kappa shape index (κ3) is 3.56. The van der Waals surface area contributed by atoms with Crippen molar-refractivity contribution in [2.75, 3.05) is 12.3 Å². The molecule has 0 amide bonds. The number of hydrogen-bond donors (Lipinski definition) is 3. The van der Waals surface area contributed by atoms with Gasteiger partial charge in [-0.15, -0.1) is 0 Å². The summed E-state index contributed by atoms with van der Waals surface area (Å²) in [7, 11) is -3.72. The molecule has 0 saturated heterocycles. The number of aryl methyl sites for hydroxylation is 1. The van der Waals surface area contributed by atoms with Crippen molar-refractivity contribution in [3.8, 4) is 0 Å². The lowest BCUT2D eigenvalue weighted by Gasteiger charge is -2.32. The standard InChI is InChI=1S/C15H24N2O3S/c1-11-6-7-13(16)14(12(11)2)21(19,20)17-10-15(18)8-4-3-5-9-15/h6-7,17-18H,3-5,8-10,16H2,1-2H3. The maximum absolute atomic E-state index is 12.5. The van der Waals surface area contributed by atoms with E-state index in [2.05, 4.69) is 4.72 Å². The number of nitrogens with one attached hydrogen (secondary N) is 1. The van der Waals surface area contributed by atoms with Crippen LogP contribution in [0.3, 0.4) is 0 Å². The minimum absolute atomic E-state index is 0.0438. The molecular weight excluding hydrogens is 288 g/mol. The van der Waals surface area contributed by atoms with Gasteiger partial charge in [0.15, 0.2) is 0 Å². The molecule has 1 saturated carbocycles. The summed E-state index contributed by atoms with van der Waals surface area (Å²) in [5.74, 6) is 0. The highest BCUT2D eigenvalue weighted by atomic mass is 32.2. The second-order valence-electron chi connectivity index (χ2n) is 6.04. The maximum Gasteiger partial charge on any atom is 0.242 e. The molecule has 1 aliphatic carbocycles. The zero-order valence-electron chi connectivity index (χ0n) is 12.6. The highest BCUT2D eigenvalue weighted by Gasteiger charge is 2.31. The van der Waals surface area contributed by atoms with Gasteiger partial charge in [-0.3, -0.25) is 0 Å². The highest BCUT2D eigenvalue weighted by Crippen LogP contribution is 2.29. The van der Waals surface area contributed by atoms with Crippen molar-refractivity contribution in [3.63, 3.8) is 0 Å². The summed E-state index contributed by atoms with van der Waals surface area (Å²) in [4.78, 5) is 0.127. The number of hydrogen-bond acceptors (Lipinski definition) is 4. The number of nitrogens with two attached hydrogens (primary N) is 1. The van der Waals surface area contributed by atoms with Crippen molar-refractivity contribution in [2.24, 2.45) is 0 Å². The van der Waals surface area contributed by atoms with E-state index in [1.165, 1.54) is 0 Å². The maximum atomic E-state index is 12.5. The third-order valence-corrected chi connectivity index (χ3v) is 5.96. The lowest BCUT2D eigenvalue weighted by molar-refractivity contribution is 0.00945. The average Bonchev–Trinajstić information content (AvgIpc) is 2.42. The minimum atomic E-state index is -3.72. The molecule has 0 aliphatic heterocycles. The van der Waals surface area contributed by atoms with Crippen LogP contribution in [0, 0.1) is 13.8 Å². The Morgan fingerprint density at radius 3 is 2.48 bits per heavy atom. The lowest BCUT2D eigenvalue weighted by Crippen LogP contribution is -2.44. The number of anilines is 1. The molecule has 21 heavy (non-hydrogen) atoms. The molecule has 0 unspecified atom stereocenters. The molecule has 1 aromatic rings. The molecule has 0 bridgehead atoms. The third-order valence-electron chi connectivity index (χ3n) is 4.35. The highest BCUT2D eigenvalue weighted by molar-refractivity contribution is 7.89. The molecule has 0 heterocycles. The van der Waals surface area contributed by atoms with Crippen LogP contribution in [0.15, 0.2) is 17.0 Å². The normalized spacial score (nSPS) is 18.6. The van der Waals surface area contributed by atoms with Crippen molar-refractivity contribution in [1.29, 1.82) is 0 Å². The Kier molecular flexibility index (Phi) is 4.60. The smallest absolute Gasteiger partial charge is 0.242 e. The van der Waals surface area contributed by atoms with Crippen LogP contribution in [0.1, 0.15) is 43.2 Å². The second kappa shape index (κ2) is 5.94. The van der Waals surface area contributed by atoms with Crippen LogP contribution < -0.4 is 10.5 Å². The topological polar surface area (TPSA) is 92.4 Å². The number of nitrogen functional groups attached to an aromatic ring is 1. The molecule has 1 fully saturated rings. The summed E-state index contributed by atoms with van der Waals surface area (Å²) in [6, 6.07) is 3.41. The van der Waals surface area contributed by atoms with E-state index in [9.17, 15) is 13.5 Å². The zero-order valence-corrected chi connectivity index (χ0v) is 13.5. The van der Waals surface area contributed by atoms with E-state index < -0.39 is 15.6 Å². The van der Waals surface area contributed by atoms with Gasteiger partial charge in [0.1, 0.15) is 4.90 Å². The van der Waals surface area contributed by atoms with E-state index in [1.807, 2.05) is 6.92 Å². The zero-order chi connectivity index (χ0) is 15.7. The Hall–Kier alpha value is -1.11. The number of sulfonamides is 1. The number of benzene rings is 1. The first kappa shape index (κ1) is 16.3. The Labute approximate surface area is 126 Å². The van der Waals surface area contributed by atoms with Gasteiger partial charge in [0, 0.05) is 6.54 Å². The number of aliphatic hydroxyl groups is 1. The first-order valence-electron chi connectivity index (χ1n) is 7.33. The molecule has 5 nitrogen and oxygen atoms in total. The minimum Gasteiger partial charge on any atom is -0.398 e. The SMILES string of the molecule is Cc1ccc(N)c(S(=O)(=O)NCC2(O)CCCCC2)c1C. The van der Waals surface area contributed by atoms with Gasteiger partial charge in [0.2, 0.25) is 10.0 Å². The van der Waals surface area contributed by atoms with Crippen LogP contribution in [0.2, 0.25) is 0 Å². The van der Waals surface area contributed by atoms with Crippen molar-refractivity contribution in [3.05, 3.63) is 23.3 Å². The van der Waals surface area contributed by atoms with Crippen LogP contribution in [0.25, 0.3) is 0 Å². The quantitative estimate of drug-likeness (QED) is 0.740. The lowest BCUT2D eigenvalue weighted by atomic mass is 9.85. The summed E-state index contributed by atoms with van der Waals surface area (Å²) < 4.78 is 27.6.